The lowest BCUT2D eigenvalue weighted by Crippen LogP contribution is -2.38. The lowest BCUT2D eigenvalue weighted by atomic mass is 10.1. The predicted octanol–water partition coefficient (Wildman–Crippen LogP) is 3.52. The zero-order chi connectivity index (χ0) is 17.7. The van der Waals surface area contributed by atoms with E-state index in [0.29, 0.717) is 12.5 Å². The zero-order valence-corrected chi connectivity index (χ0v) is 19.1. The van der Waals surface area contributed by atoms with Crippen molar-refractivity contribution in [2.75, 3.05) is 13.6 Å². The molecular formula is C17H29IN6S. The van der Waals surface area contributed by atoms with Crippen LogP contribution in [0, 0.1) is 6.92 Å². The molecule has 0 atom stereocenters. The molecule has 25 heavy (non-hydrogen) atoms. The van der Waals surface area contributed by atoms with E-state index in [0.717, 1.165) is 29.8 Å². The average molecular weight is 476 g/mol. The van der Waals surface area contributed by atoms with Crippen LogP contribution in [0.15, 0.2) is 17.4 Å². The molecular weight excluding hydrogens is 447 g/mol. The van der Waals surface area contributed by atoms with Crippen molar-refractivity contribution in [2.24, 2.45) is 12.0 Å². The highest BCUT2D eigenvalue weighted by Gasteiger charge is 2.15. The van der Waals surface area contributed by atoms with Crippen LogP contribution in [-0.4, -0.2) is 39.2 Å². The van der Waals surface area contributed by atoms with E-state index in [2.05, 4.69) is 61.2 Å². The van der Waals surface area contributed by atoms with Crippen molar-refractivity contribution in [3.8, 4) is 0 Å². The minimum absolute atomic E-state index is 0. The topological polar surface area (TPSA) is 58.3 Å². The van der Waals surface area contributed by atoms with Gasteiger partial charge >= 0.3 is 0 Å². The Bertz CT molecular complexity index is 691. The molecule has 8 heteroatoms. The molecule has 2 aromatic heterocycles. The third kappa shape index (κ3) is 6.25. The highest BCUT2D eigenvalue weighted by atomic mass is 127. The number of thiazole rings is 1. The maximum absolute atomic E-state index is 4.73. The van der Waals surface area contributed by atoms with Crippen molar-refractivity contribution >= 4 is 41.3 Å². The predicted molar refractivity (Wildman–Crippen MR) is 116 cm³/mol. The van der Waals surface area contributed by atoms with Crippen molar-refractivity contribution in [1.82, 2.24) is 25.0 Å². The van der Waals surface area contributed by atoms with Gasteiger partial charge in [0.05, 0.1) is 12.2 Å². The molecule has 1 N–H and O–H groups in total. The number of guanidine groups is 1. The maximum atomic E-state index is 4.73. The van der Waals surface area contributed by atoms with Crippen LogP contribution in [0.2, 0.25) is 0 Å². The monoisotopic (exact) mass is 476 g/mol. The molecule has 0 aliphatic carbocycles. The number of nitrogens with zero attached hydrogens (tertiary/aromatic N) is 5. The normalized spacial score (nSPS) is 11.6. The van der Waals surface area contributed by atoms with E-state index in [1.807, 2.05) is 17.9 Å². The molecule has 0 aliphatic heterocycles. The van der Waals surface area contributed by atoms with Crippen molar-refractivity contribution in [1.29, 1.82) is 0 Å². The summed E-state index contributed by atoms with van der Waals surface area (Å²) in [5.41, 5.74) is 2.39. The lowest BCUT2D eigenvalue weighted by Gasteiger charge is -2.22. The zero-order valence-electron chi connectivity index (χ0n) is 15.9. The summed E-state index contributed by atoms with van der Waals surface area (Å²) >= 11 is 1.70. The van der Waals surface area contributed by atoms with Gasteiger partial charge in [0, 0.05) is 50.0 Å². The minimum Gasteiger partial charge on any atom is -0.357 e. The molecule has 0 aromatic carbocycles. The van der Waals surface area contributed by atoms with Crippen molar-refractivity contribution in [3.05, 3.63) is 33.5 Å². The van der Waals surface area contributed by atoms with Gasteiger partial charge < -0.3 is 10.2 Å². The number of hydrogen-bond acceptors (Lipinski definition) is 4. The Balaban J connectivity index is 0.00000312. The van der Waals surface area contributed by atoms with Gasteiger partial charge in [-0.05, 0) is 19.8 Å². The summed E-state index contributed by atoms with van der Waals surface area (Å²) in [6, 6.07) is 0. The van der Waals surface area contributed by atoms with Crippen LogP contribution in [0.3, 0.4) is 0 Å². The molecule has 0 amide bonds. The van der Waals surface area contributed by atoms with Crippen LogP contribution in [0.5, 0.6) is 0 Å². The number of rotatable bonds is 6. The van der Waals surface area contributed by atoms with E-state index in [-0.39, 0.29) is 24.0 Å². The number of nitrogens with one attached hydrogen (secondary N) is 1. The van der Waals surface area contributed by atoms with Crippen LogP contribution in [0.25, 0.3) is 0 Å². The molecule has 0 saturated carbocycles. The molecule has 0 fully saturated rings. The quantitative estimate of drug-likeness (QED) is 0.394. The molecule has 0 bridgehead atoms. The van der Waals surface area contributed by atoms with Gasteiger partial charge in [-0.15, -0.1) is 35.3 Å². The van der Waals surface area contributed by atoms with Gasteiger partial charge in [0.1, 0.15) is 5.01 Å². The number of halogens is 1. The molecule has 0 saturated heterocycles. The van der Waals surface area contributed by atoms with Gasteiger partial charge in [0.2, 0.25) is 0 Å². The molecule has 0 radical (unpaired) electrons. The molecule has 0 spiro atoms. The summed E-state index contributed by atoms with van der Waals surface area (Å²) in [4.78, 5) is 12.5. The largest absolute Gasteiger partial charge is 0.357 e. The SMILES string of the molecule is CCNC(=NCc1ncc(C)s1)N(C)Cc1cn(C)nc1C(C)C.I. The first-order chi connectivity index (χ1) is 11.4. The number of aliphatic imine (C=N–C) groups is 1. The number of aryl methyl sites for hydroxylation is 2. The van der Waals surface area contributed by atoms with Crippen molar-refractivity contribution < 1.29 is 0 Å². The molecule has 2 rings (SSSR count). The summed E-state index contributed by atoms with van der Waals surface area (Å²) in [5.74, 6) is 1.30. The van der Waals surface area contributed by atoms with Crippen LogP contribution >= 0.6 is 35.3 Å². The van der Waals surface area contributed by atoms with Crippen molar-refractivity contribution in [3.63, 3.8) is 0 Å². The summed E-state index contributed by atoms with van der Waals surface area (Å²) in [5, 5.41) is 8.99. The van der Waals surface area contributed by atoms with Gasteiger partial charge in [0.25, 0.3) is 0 Å². The van der Waals surface area contributed by atoms with Crippen LogP contribution < -0.4 is 5.32 Å². The fourth-order valence-electron chi connectivity index (χ4n) is 2.58. The molecule has 2 heterocycles. The summed E-state index contributed by atoms with van der Waals surface area (Å²) in [6.07, 6.45) is 4.00. The van der Waals surface area contributed by atoms with E-state index in [9.17, 15) is 0 Å². The van der Waals surface area contributed by atoms with Gasteiger partial charge in [0.15, 0.2) is 5.96 Å². The van der Waals surface area contributed by atoms with E-state index in [1.165, 1.54) is 10.4 Å². The molecule has 0 aliphatic rings. The number of hydrogen-bond donors (Lipinski definition) is 1. The van der Waals surface area contributed by atoms with Crippen LogP contribution in [0.4, 0.5) is 0 Å². The first-order valence-electron chi connectivity index (χ1n) is 8.33. The highest BCUT2D eigenvalue weighted by Crippen LogP contribution is 2.19. The molecule has 140 valence electrons. The summed E-state index contributed by atoms with van der Waals surface area (Å²) in [7, 11) is 4.03. The van der Waals surface area contributed by atoms with Gasteiger partial charge in [-0.3, -0.25) is 4.68 Å². The smallest absolute Gasteiger partial charge is 0.194 e. The van der Waals surface area contributed by atoms with Gasteiger partial charge in [-0.25, -0.2) is 9.98 Å². The van der Waals surface area contributed by atoms with E-state index in [4.69, 9.17) is 4.99 Å². The van der Waals surface area contributed by atoms with E-state index in [1.54, 1.807) is 11.3 Å². The Morgan fingerprint density at radius 3 is 2.72 bits per heavy atom. The Morgan fingerprint density at radius 1 is 1.44 bits per heavy atom. The first-order valence-corrected chi connectivity index (χ1v) is 9.15. The fraction of sp³-hybridized carbons (Fsp3) is 0.588. The Morgan fingerprint density at radius 2 is 2.16 bits per heavy atom. The van der Waals surface area contributed by atoms with Crippen molar-refractivity contribution in [2.45, 2.75) is 46.7 Å². The Hall–Kier alpha value is -1.16. The lowest BCUT2D eigenvalue weighted by molar-refractivity contribution is 0.473. The molecule has 2 aromatic rings. The second-order valence-electron chi connectivity index (χ2n) is 6.26. The van der Waals surface area contributed by atoms with Gasteiger partial charge in [-0.2, -0.15) is 5.10 Å². The Labute approximate surface area is 171 Å². The van der Waals surface area contributed by atoms with Crippen LogP contribution in [0.1, 0.15) is 47.8 Å². The second-order valence-corrected chi connectivity index (χ2v) is 7.58. The number of aromatic nitrogens is 3. The molecule has 6 nitrogen and oxygen atoms in total. The second kappa shape index (κ2) is 10.1. The minimum atomic E-state index is 0. The first kappa shape index (κ1) is 21.9. The maximum Gasteiger partial charge on any atom is 0.194 e. The standard InChI is InChI=1S/C17H28N6S.HI/c1-7-18-17(20-9-15-19-8-13(4)24-15)22(5)10-14-11-23(6)21-16(14)12(2)3;/h8,11-12H,7,9-10H2,1-6H3,(H,18,20);1H. The third-order valence-electron chi connectivity index (χ3n) is 3.62. The third-order valence-corrected chi connectivity index (χ3v) is 4.52. The van der Waals surface area contributed by atoms with E-state index >= 15 is 0 Å². The van der Waals surface area contributed by atoms with E-state index < -0.39 is 0 Å². The van der Waals surface area contributed by atoms with Crippen LogP contribution in [-0.2, 0) is 20.1 Å². The summed E-state index contributed by atoms with van der Waals surface area (Å²) < 4.78 is 1.89. The highest BCUT2D eigenvalue weighted by molar-refractivity contribution is 14.0. The van der Waals surface area contributed by atoms with Gasteiger partial charge in [-0.1, -0.05) is 13.8 Å². The summed E-state index contributed by atoms with van der Waals surface area (Å²) in [6.45, 7) is 10.7. The fourth-order valence-corrected chi connectivity index (χ4v) is 3.29. The Kier molecular flexibility index (Phi) is 8.84. The molecule has 0 unspecified atom stereocenters. The average Bonchev–Trinajstić information content (AvgIpc) is 3.09.